The third-order valence-corrected chi connectivity index (χ3v) is 5.43. The normalized spacial score (nSPS) is 10.7. The second kappa shape index (κ2) is 9.48. The second-order valence-corrected chi connectivity index (χ2v) is 7.53. The van der Waals surface area contributed by atoms with Crippen molar-refractivity contribution in [2.45, 2.75) is 19.4 Å². The van der Waals surface area contributed by atoms with Gasteiger partial charge in [-0.3, -0.25) is 14.5 Å². The van der Waals surface area contributed by atoms with E-state index in [1.54, 1.807) is 11.3 Å². The highest BCUT2D eigenvalue weighted by Gasteiger charge is 2.11. The fourth-order valence-corrected chi connectivity index (χ4v) is 3.72. The predicted molar refractivity (Wildman–Crippen MR) is 113 cm³/mol. The Morgan fingerprint density at radius 1 is 1.30 bits per heavy atom. The zero-order valence-electron chi connectivity index (χ0n) is 15.2. The molecule has 1 aromatic carbocycles. The summed E-state index contributed by atoms with van der Waals surface area (Å²) in [6.45, 7) is 2.06. The minimum absolute atomic E-state index is 0.0255. The van der Waals surface area contributed by atoms with Gasteiger partial charge in [0, 0.05) is 38.8 Å². The summed E-state index contributed by atoms with van der Waals surface area (Å²) in [6, 6.07) is 14.2. The largest absolute Gasteiger partial charge is 0.375 e. The number of rotatable bonds is 9. The number of hydrogen-bond donors (Lipinski definition) is 2. The molecule has 3 rings (SSSR count). The van der Waals surface area contributed by atoms with Crippen molar-refractivity contribution in [2.24, 2.45) is 0 Å². The monoisotopic (exact) mass is 401 g/mol. The minimum atomic E-state index is 0.0255. The van der Waals surface area contributed by atoms with E-state index in [9.17, 15) is 4.79 Å². The summed E-state index contributed by atoms with van der Waals surface area (Å²) >= 11 is 6.89. The van der Waals surface area contributed by atoms with Gasteiger partial charge in [-0.2, -0.15) is 5.10 Å². The first-order valence-electron chi connectivity index (χ1n) is 8.87. The van der Waals surface area contributed by atoms with Gasteiger partial charge in [-0.15, -0.1) is 11.3 Å². The standard InChI is InChI=1S/C19H23N5OS2/c1-23(15-7-3-2-4-8-15)12-6-11-20-17(25)10-13-24-18(21-22-19(24)26)16-9-5-14-27-16/h2-5,7-9,14H,6,10-13H2,1H3,(H,20,25)(H,22,26). The zero-order valence-corrected chi connectivity index (χ0v) is 16.9. The van der Waals surface area contributed by atoms with Crippen LogP contribution in [0, 0.1) is 4.77 Å². The fraction of sp³-hybridized carbons (Fsp3) is 0.316. The average molecular weight is 402 g/mol. The number of carbonyl (C=O) groups is 1. The van der Waals surface area contributed by atoms with E-state index in [0.717, 1.165) is 23.7 Å². The highest BCUT2D eigenvalue weighted by Crippen LogP contribution is 2.22. The maximum atomic E-state index is 12.2. The number of thiophene rings is 1. The molecule has 0 unspecified atom stereocenters. The van der Waals surface area contributed by atoms with E-state index in [1.807, 2.05) is 40.3 Å². The van der Waals surface area contributed by atoms with Gasteiger partial charge in [-0.05, 0) is 42.2 Å². The predicted octanol–water partition coefficient (Wildman–Crippen LogP) is 3.70. The number of nitrogens with zero attached hydrogens (tertiary/aromatic N) is 3. The summed E-state index contributed by atoms with van der Waals surface area (Å²) in [5, 5.41) is 12.1. The third kappa shape index (κ3) is 5.27. The molecule has 0 fully saturated rings. The van der Waals surface area contributed by atoms with E-state index in [1.165, 1.54) is 5.69 Å². The number of amides is 1. The van der Waals surface area contributed by atoms with Crippen LogP contribution in [-0.2, 0) is 11.3 Å². The Hall–Kier alpha value is -2.45. The van der Waals surface area contributed by atoms with Crippen molar-refractivity contribution in [3.8, 4) is 10.7 Å². The summed E-state index contributed by atoms with van der Waals surface area (Å²) in [5.41, 5.74) is 1.18. The summed E-state index contributed by atoms with van der Waals surface area (Å²) < 4.78 is 2.42. The molecule has 0 aliphatic carbocycles. The molecule has 2 heterocycles. The maximum absolute atomic E-state index is 12.2. The van der Waals surface area contributed by atoms with Crippen molar-refractivity contribution in [3.05, 3.63) is 52.6 Å². The quantitative estimate of drug-likeness (QED) is 0.424. The van der Waals surface area contributed by atoms with Crippen molar-refractivity contribution >= 4 is 35.1 Å². The lowest BCUT2D eigenvalue weighted by Crippen LogP contribution is -2.28. The zero-order chi connectivity index (χ0) is 19.1. The summed E-state index contributed by atoms with van der Waals surface area (Å²) in [4.78, 5) is 15.4. The molecular formula is C19H23N5OS2. The number of anilines is 1. The molecule has 2 N–H and O–H groups in total. The molecule has 1 amide bonds. The molecule has 8 heteroatoms. The van der Waals surface area contributed by atoms with Crippen LogP contribution >= 0.6 is 23.6 Å². The molecule has 0 spiro atoms. The minimum Gasteiger partial charge on any atom is -0.375 e. The summed E-state index contributed by atoms with van der Waals surface area (Å²) in [5.74, 6) is 0.810. The molecule has 0 aliphatic rings. The lowest BCUT2D eigenvalue weighted by Gasteiger charge is -2.19. The molecule has 0 radical (unpaired) electrons. The van der Waals surface area contributed by atoms with E-state index in [0.29, 0.717) is 24.3 Å². The topological polar surface area (TPSA) is 66.0 Å². The number of hydrogen-bond acceptors (Lipinski definition) is 5. The first-order chi connectivity index (χ1) is 13.1. The number of benzene rings is 1. The Morgan fingerprint density at radius 3 is 2.85 bits per heavy atom. The van der Waals surface area contributed by atoms with Gasteiger partial charge in [0.05, 0.1) is 4.88 Å². The van der Waals surface area contributed by atoms with E-state index < -0.39 is 0 Å². The Bertz CT molecular complexity index is 902. The van der Waals surface area contributed by atoms with E-state index >= 15 is 0 Å². The van der Waals surface area contributed by atoms with Gasteiger partial charge in [0.15, 0.2) is 10.6 Å². The molecule has 142 valence electrons. The maximum Gasteiger partial charge on any atom is 0.221 e. The van der Waals surface area contributed by atoms with Gasteiger partial charge >= 0.3 is 0 Å². The SMILES string of the molecule is CN(CCCNC(=O)CCn1c(-c2cccs2)n[nH]c1=S)c1ccccc1. The number of para-hydroxylation sites is 1. The Kier molecular flexibility index (Phi) is 6.78. The van der Waals surface area contributed by atoms with Gasteiger partial charge in [0.1, 0.15) is 0 Å². The van der Waals surface area contributed by atoms with Crippen LogP contribution in [0.1, 0.15) is 12.8 Å². The summed E-state index contributed by atoms with van der Waals surface area (Å²) in [6.07, 6.45) is 1.27. The smallest absolute Gasteiger partial charge is 0.221 e. The highest BCUT2D eigenvalue weighted by molar-refractivity contribution is 7.71. The highest BCUT2D eigenvalue weighted by atomic mass is 32.1. The number of H-pyrrole nitrogens is 1. The molecule has 27 heavy (non-hydrogen) atoms. The van der Waals surface area contributed by atoms with Crippen LogP contribution in [0.3, 0.4) is 0 Å². The molecule has 0 bridgehead atoms. The molecule has 2 aromatic heterocycles. The second-order valence-electron chi connectivity index (χ2n) is 6.19. The third-order valence-electron chi connectivity index (χ3n) is 4.25. The summed E-state index contributed by atoms with van der Waals surface area (Å²) in [7, 11) is 2.06. The van der Waals surface area contributed by atoms with E-state index in [4.69, 9.17) is 12.2 Å². The van der Waals surface area contributed by atoms with Crippen molar-refractivity contribution in [3.63, 3.8) is 0 Å². The molecule has 0 saturated carbocycles. The molecule has 0 saturated heterocycles. The molecule has 6 nitrogen and oxygen atoms in total. The molecule has 3 aromatic rings. The Balaban J connectivity index is 1.42. The molecule has 0 atom stereocenters. The molecule has 0 aliphatic heterocycles. The first-order valence-corrected chi connectivity index (χ1v) is 10.2. The van der Waals surface area contributed by atoms with Crippen molar-refractivity contribution < 1.29 is 4.79 Å². The van der Waals surface area contributed by atoms with E-state index in [-0.39, 0.29) is 5.91 Å². The van der Waals surface area contributed by atoms with Crippen LogP contribution in [0.5, 0.6) is 0 Å². The van der Waals surface area contributed by atoms with Crippen molar-refractivity contribution in [1.82, 2.24) is 20.1 Å². The average Bonchev–Trinajstić information content (AvgIpc) is 3.33. The van der Waals surface area contributed by atoms with Gasteiger partial charge in [0.25, 0.3) is 0 Å². The van der Waals surface area contributed by atoms with E-state index in [2.05, 4.69) is 39.6 Å². The lowest BCUT2D eigenvalue weighted by atomic mass is 10.3. The number of nitrogens with one attached hydrogen (secondary N) is 2. The van der Waals surface area contributed by atoms with Crippen LogP contribution in [0.25, 0.3) is 10.7 Å². The first kappa shape index (κ1) is 19.3. The van der Waals surface area contributed by atoms with Crippen LogP contribution in [0.15, 0.2) is 47.8 Å². The Morgan fingerprint density at radius 2 is 2.11 bits per heavy atom. The van der Waals surface area contributed by atoms with Gasteiger partial charge in [-0.25, -0.2) is 0 Å². The van der Waals surface area contributed by atoms with Crippen LogP contribution in [0.4, 0.5) is 5.69 Å². The number of aromatic nitrogens is 3. The fourth-order valence-electron chi connectivity index (χ4n) is 2.78. The van der Waals surface area contributed by atoms with Gasteiger partial charge in [0.2, 0.25) is 5.91 Å². The Labute approximate surface area is 167 Å². The van der Waals surface area contributed by atoms with Crippen molar-refractivity contribution in [1.29, 1.82) is 0 Å². The van der Waals surface area contributed by atoms with Gasteiger partial charge < -0.3 is 10.2 Å². The van der Waals surface area contributed by atoms with Crippen LogP contribution in [-0.4, -0.2) is 40.8 Å². The molecular weight excluding hydrogens is 378 g/mol. The number of aromatic amines is 1. The number of carbonyl (C=O) groups excluding carboxylic acids is 1. The van der Waals surface area contributed by atoms with Crippen LogP contribution in [0.2, 0.25) is 0 Å². The van der Waals surface area contributed by atoms with Crippen LogP contribution < -0.4 is 10.2 Å². The lowest BCUT2D eigenvalue weighted by molar-refractivity contribution is -0.121. The van der Waals surface area contributed by atoms with Gasteiger partial charge in [-0.1, -0.05) is 24.3 Å². The van der Waals surface area contributed by atoms with Crippen molar-refractivity contribution in [2.75, 3.05) is 25.0 Å².